The molecule has 21 heavy (non-hydrogen) atoms. The number of aliphatic hydroxyl groups excluding tert-OH is 1. The highest BCUT2D eigenvalue weighted by Crippen LogP contribution is 2.21. The van der Waals surface area contributed by atoms with Gasteiger partial charge in [0.05, 0.1) is 30.0 Å². The zero-order valence-corrected chi connectivity index (χ0v) is 12.2. The van der Waals surface area contributed by atoms with Gasteiger partial charge in [0.25, 0.3) is 0 Å². The van der Waals surface area contributed by atoms with Crippen molar-refractivity contribution in [1.29, 1.82) is 0 Å². The number of hydrogen-bond acceptors (Lipinski definition) is 3. The summed E-state index contributed by atoms with van der Waals surface area (Å²) < 4.78 is 19.0. The fourth-order valence-electron chi connectivity index (χ4n) is 1.81. The quantitative estimate of drug-likeness (QED) is 0.823. The number of ether oxygens (including phenoxy) is 1. The normalized spacial score (nSPS) is 12.1. The molecule has 112 valence electrons. The van der Waals surface area contributed by atoms with Crippen LogP contribution >= 0.6 is 11.6 Å². The molecule has 2 aromatic carbocycles. The minimum Gasteiger partial charge on any atom is -0.389 e. The van der Waals surface area contributed by atoms with Gasteiger partial charge in [-0.05, 0) is 17.7 Å². The lowest BCUT2D eigenvalue weighted by Crippen LogP contribution is -2.25. The molecule has 0 aliphatic rings. The Morgan fingerprint density at radius 2 is 1.90 bits per heavy atom. The molecule has 0 heterocycles. The molecular weight excluding hydrogens is 293 g/mol. The lowest BCUT2D eigenvalue weighted by atomic mass is 10.2. The maximum atomic E-state index is 13.6. The number of nitrogens with one attached hydrogen (secondary N) is 1. The average molecular weight is 310 g/mol. The van der Waals surface area contributed by atoms with E-state index in [1.807, 2.05) is 30.3 Å². The maximum absolute atomic E-state index is 13.6. The Labute approximate surface area is 128 Å². The summed E-state index contributed by atoms with van der Waals surface area (Å²) in [7, 11) is 0. The molecule has 0 aliphatic heterocycles. The van der Waals surface area contributed by atoms with Crippen molar-refractivity contribution in [3.05, 3.63) is 64.9 Å². The molecule has 0 saturated heterocycles. The summed E-state index contributed by atoms with van der Waals surface area (Å²) in [5, 5.41) is 12.7. The molecular formula is C16H17ClFNO2. The molecule has 0 amide bonds. The van der Waals surface area contributed by atoms with Gasteiger partial charge in [0.2, 0.25) is 0 Å². The van der Waals surface area contributed by atoms with E-state index >= 15 is 0 Å². The summed E-state index contributed by atoms with van der Waals surface area (Å²) in [5.74, 6) is -0.517. The minimum absolute atomic E-state index is 0.0508. The third-order valence-electron chi connectivity index (χ3n) is 2.90. The van der Waals surface area contributed by atoms with E-state index in [4.69, 9.17) is 16.3 Å². The Bertz CT molecular complexity index is 565. The van der Waals surface area contributed by atoms with E-state index in [9.17, 15) is 9.50 Å². The van der Waals surface area contributed by atoms with Gasteiger partial charge in [-0.3, -0.25) is 0 Å². The van der Waals surface area contributed by atoms with Crippen LogP contribution in [0.15, 0.2) is 48.5 Å². The first-order valence-electron chi connectivity index (χ1n) is 6.64. The van der Waals surface area contributed by atoms with E-state index in [1.165, 1.54) is 6.07 Å². The molecule has 0 aliphatic carbocycles. The van der Waals surface area contributed by atoms with Crippen molar-refractivity contribution in [3.8, 4) is 0 Å². The van der Waals surface area contributed by atoms with Crippen LogP contribution in [0.25, 0.3) is 0 Å². The number of anilines is 1. The molecule has 2 aromatic rings. The lowest BCUT2D eigenvalue weighted by Gasteiger charge is -2.14. The molecule has 1 atom stereocenters. The predicted octanol–water partition coefficient (Wildman–Crippen LogP) is 3.47. The molecule has 0 spiro atoms. The lowest BCUT2D eigenvalue weighted by molar-refractivity contribution is 0.0348. The topological polar surface area (TPSA) is 41.5 Å². The second-order valence-electron chi connectivity index (χ2n) is 4.64. The Balaban J connectivity index is 1.72. The van der Waals surface area contributed by atoms with Gasteiger partial charge in [-0.25, -0.2) is 4.39 Å². The van der Waals surface area contributed by atoms with Crippen molar-refractivity contribution in [2.24, 2.45) is 0 Å². The average Bonchev–Trinajstić information content (AvgIpc) is 2.50. The van der Waals surface area contributed by atoms with Crippen LogP contribution in [0, 0.1) is 5.82 Å². The van der Waals surface area contributed by atoms with Gasteiger partial charge < -0.3 is 15.2 Å². The highest BCUT2D eigenvalue weighted by Gasteiger charge is 2.09. The van der Waals surface area contributed by atoms with Crippen molar-refractivity contribution in [2.75, 3.05) is 18.5 Å². The maximum Gasteiger partial charge on any atom is 0.164 e. The van der Waals surface area contributed by atoms with Crippen LogP contribution in [0.1, 0.15) is 5.56 Å². The smallest absolute Gasteiger partial charge is 0.164 e. The Morgan fingerprint density at radius 3 is 2.67 bits per heavy atom. The SMILES string of the molecule is OC(CNc1cccc(Cl)c1F)COCc1ccccc1. The molecule has 0 fully saturated rings. The Hall–Kier alpha value is -1.62. The van der Waals surface area contributed by atoms with Crippen molar-refractivity contribution >= 4 is 17.3 Å². The van der Waals surface area contributed by atoms with Crippen LogP contribution in [-0.2, 0) is 11.3 Å². The van der Waals surface area contributed by atoms with Crippen LogP contribution < -0.4 is 5.32 Å². The summed E-state index contributed by atoms with van der Waals surface area (Å²) in [5.41, 5.74) is 1.31. The Kier molecular flexibility index (Phi) is 5.99. The number of hydrogen-bond donors (Lipinski definition) is 2. The fraction of sp³-hybridized carbons (Fsp3) is 0.250. The fourth-order valence-corrected chi connectivity index (χ4v) is 1.99. The highest BCUT2D eigenvalue weighted by molar-refractivity contribution is 6.31. The number of aliphatic hydroxyl groups is 1. The van der Waals surface area contributed by atoms with Crippen molar-refractivity contribution in [3.63, 3.8) is 0 Å². The summed E-state index contributed by atoms with van der Waals surface area (Å²) in [6.45, 7) is 0.791. The molecule has 1 unspecified atom stereocenters. The van der Waals surface area contributed by atoms with Crippen LogP contribution in [0.5, 0.6) is 0 Å². The second kappa shape index (κ2) is 7.98. The van der Waals surface area contributed by atoms with Gasteiger partial charge in [0, 0.05) is 6.54 Å². The molecule has 2 rings (SSSR count). The summed E-state index contributed by atoms with van der Waals surface area (Å²) >= 11 is 5.68. The number of halogens is 2. The van der Waals surface area contributed by atoms with Gasteiger partial charge >= 0.3 is 0 Å². The standard InChI is InChI=1S/C16H17ClFNO2/c17-14-7-4-8-15(16(14)18)19-9-13(20)11-21-10-12-5-2-1-3-6-12/h1-8,13,19-20H,9-11H2. The van der Waals surface area contributed by atoms with Gasteiger partial charge in [0.1, 0.15) is 0 Å². The van der Waals surface area contributed by atoms with Crippen LogP contribution in [0.4, 0.5) is 10.1 Å². The van der Waals surface area contributed by atoms with Crippen molar-refractivity contribution in [2.45, 2.75) is 12.7 Å². The monoisotopic (exact) mass is 309 g/mol. The summed E-state index contributed by atoms with van der Waals surface area (Å²) in [4.78, 5) is 0. The summed E-state index contributed by atoms with van der Waals surface area (Å²) in [6.07, 6.45) is -0.730. The highest BCUT2D eigenvalue weighted by atomic mass is 35.5. The van der Waals surface area contributed by atoms with E-state index in [2.05, 4.69) is 5.32 Å². The predicted molar refractivity (Wildman–Crippen MR) is 82.0 cm³/mol. The molecule has 3 nitrogen and oxygen atoms in total. The first kappa shape index (κ1) is 15.8. The van der Waals surface area contributed by atoms with Gasteiger partial charge in [-0.15, -0.1) is 0 Å². The first-order valence-corrected chi connectivity index (χ1v) is 7.02. The molecule has 2 N–H and O–H groups in total. The molecule has 0 bridgehead atoms. The number of benzene rings is 2. The first-order chi connectivity index (χ1) is 10.2. The minimum atomic E-state index is -0.730. The van der Waals surface area contributed by atoms with E-state index in [-0.39, 0.29) is 23.9 Å². The van der Waals surface area contributed by atoms with E-state index in [0.717, 1.165) is 5.56 Å². The van der Waals surface area contributed by atoms with E-state index in [1.54, 1.807) is 12.1 Å². The van der Waals surface area contributed by atoms with Crippen LogP contribution in [0.3, 0.4) is 0 Å². The van der Waals surface area contributed by atoms with Gasteiger partial charge in [-0.2, -0.15) is 0 Å². The third kappa shape index (κ3) is 5.01. The van der Waals surface area contributed by atoms with Crippen LogP contribution in [0.2, 0.25) is 5.02 Å². The zero-order chi connectivity index (χ0) is 15.1. The largest absolute Gasteiger partial charge is 0.389 e. The van der Waals surface area contributed by atoms with Crippen molar-refractivity contribution in [1.82, 2.24) is 0 Å². The molecule has 5 heteroatoms. The molecule has 0 saturated carbocycles. The van der Waals surface area contributed by atoms with Gasteiger partial charge in [0.15, 0.2) is 5.82 Å². The number of rotatable bonds is 7. The second-order valence-corrected chi connectivity index (χ2v) is 5.04. The Morgan fingerprint density at radius 1 is 1.14 bits per heavy atom. The van der Waals surface area contributed by atoms with Crippen LogP contribution in [-0.4, -0.2) is 24.4 Å². The van der Waals surface area contributed by atoms with Crippen molar-refractivity contribution < 1.29 is 14.2 Å². The third-order valence-corrected chi connectivity index (χ3v) is 3.19. The molecule has 0 radical (unpaired) electrons. The van der Waals surface area contributed by atoms with E-state index < -0.39 is 11.9 Å². The van der Waals surface area contributed by atoms with Gasteiger partial charge in [-0.1, -0.05) is 48.0 Å². The summed E-state index contributed by atoms with van der Waals surface area (Å²) in [6, 6.07) is 14.4. The zero-order valence-electron chi connectivity index (χ0n) is 11.4. The molecule has 0 aromatic heterocycles. The van der Waals surface area contributed by atoms with E-state index in [0.29, 0.717) is 6.61 Å².